The van der Waals surface area contributed by atoms with Crippen molar-refractivity contribution in [3.05, 3.63) is 30.6 Å². The lowest BCUT2D eigenvalue weighted by Gasteiger charge is -2.27. The molecule has 2 atom stereocenters. The number of amides is 1. The molecule has 106 valence electrons. The summed E-state index contributed by atoms with van der Waals surface area (Å²) in [6.45, 7) is 2.67. The Hall–Kier alpha value is -1.88. The quantitative estimate of drug-likeness (QED) is 0.923. The first-order chi connectivity index (χ1) is 9.72. The molecule has 0 aliphatic carbocycles. The van der Waals surface area contributed by atoms with Crippen molar-refractivity contribution in [2.24, 2.45) is 0 Å². The highest BCUT2D eigenvalue weighted by Gasteiger charge is 2.31. The Kier molecular flexibility index (Phi) is 3.44. The van der Waals surface area contributed by atoms with Crippen molar-refractivity contribution < 1.29 is 9.90 Å². The molecule has 2 aromatic rings. The zero-order chi connectivity index (χ0) is 14.1. The van der Waals surface area contributed by atoms with Crippen LogP contribution in [0.4, 0.5) is 0 Å². The first-order valence-corrected chi connectivity index (χ1v) is 7.05. The van der Waals surface area contributed by atoms with Gasteiger partial charge in [-0.25, -0.2) is 4.98 Å². The number of imidazole rings is 1. The number of rotatable bonds is 3. The Bertz CT molecular complexity index is 622. The molecule has 1 aliphatic heterocycles. The summed E-state index contributed by atoms with van der Waals surface area (Å²) in [6.07, 6.45) is 3.57. The Morgan fingerprint density at radius 3 is 3.10 bits per heavy atom. The zero-order valence-electron chi connectivity index (χ0n) is 11.6. The third-order valence-corrected chi connectivity index (χ3v) is 4.13. The number of aromatic nitrogens is 2. The normalized spacial score (nSPS) is 20.5. The molecular formula is C15H19N3O2. The third-order valence-electron chi connectivity index (χ3n) is 4.13. The van der Waals surface area contributed by atoms with Crippen LogP contribution in [0.25, 0.3) is 11.0 Å². The van der Waals surface area contributed by atoms with E-state index >= 15 is 0 Å². The van der Waals surface area contributed by atoms with E-state index in [0.717, 1.165) is 30.4 Å². The molecule has 1 fully saturated rings. The van der Waals surface area contributed by atoms with Gasteiger partial charge in [-0.2, -0.15) is 0 Å². The number of carbonyl (C=O) groups is 1. The Balaban J connectivity index is 1.88. The standard InChI is InChI=1S/C15H19N3O2/c1-11(15(20)17-8-4-5-12(17)9-19)18-10-16-13-6-2-3-7-14(13)18/h2-3,6-7,10-12,19H,4-5,8-9H2,1H3/t11?,12-/m1/s1. The van der Waals surface area contributed by atoms with E-state index in [4.69, 9.17) is 0 Å². The van der Waals surface area contributed by atoms with Crippen LogP contribution in [0.1, 0.15) is 25.8 Å². The van der Waals surface area contributed by atoms with Crippen molar-refractivity contribution in [2.75, 3.05) is 13.2 Å². The van der Waals surface area contributed by atoms with Crippen LogP contribution >= 0.6 is 0 Å². The molecule has 1 N–H and O–H groups in total. The number of carbonyl (C=O) groups excluding carboxylic acids is 1. The predicted octanol–water partition coefficient (Wildman–Crippen LogP) is 1.58. The minimum absolute atomic E-state index is 0.0280. The monoisotopic (exact) mass is 273 g/mol. The lowest BCUT2D eigenvalue weighted by Crippen LogP contribution is -2.41. The van der Waals surface area contributed by atoms with Gasteiger partial charge in [-0.3, -0.25) is 4.79 Å². The molecule has 0 radical (unpaired) electrons. The Morgan fingerprint density at radius 2 is 2.30 bits per heavy atom. The number of para-hydroxylation sites is 2. The van der Waals surface area contributed by atoms with Crippen LogP contribution in [0, 0.1) is 0 Å². The first-order valence-electron chi connectivity index (χ1n) is 7.05. The Labute approximate surface area is 117 Å². The van der Waals surface area contributed by atoms with Gasteiger partial charge in [-0.1, -0.05) is 12.1 Å². The first kappa shape index (κ1) is 13.1. The maximum atomic E-state index is 12.6. The van der Waals surface area contributed by atoms with E-state index in [9.17, 15) is 9.90 Å². The highest BCUT2D eigenvalue weighted by Crippen LogP contribution is 2.23. The minimum atomic E-state index is -0.297. The van der Waals surface area contributed by atoms with Crippen molar-refractivity contribution in [1.82, 2.24) is 14.5 Å². The Morgan fingerprint density at radius 1 is 1.50 bits per heavy atom. The van der Waals surface area contributed by atoms with Crippen LogP contribution in [-0.2, 0) is 4.79 Å². The molecule has 2 heterocycles. The fraction of sp³-hybridized carbons (Fsp3) is 0.467. The van der Waals surface area contributed by atoms with Gasteiger partial charge in [0.05, 0.1) is 30.0 Å². The zero-order valence-corrected chi connectivity index (χ0v) is 11.6. The maximum Gasteiger partial charge on any atom is 0.245 e. The maximum absolute atomic E-state index is 12.6. The molecule has 20 heavy (non-hydrogen) atoms. The SMILES string of the molecule is CC(C(=O)N1CCC[C@@H]1CO)n1cnc2ccccc21. The van der Waals surface area contributed by atoms with Crippen LogP contribution in [0.2, 0.25) is 0 Å². The fourth-order valence-corrected chi connectivity index (χ4v) is 2.96. The highest BCUT2D eigenvalue weighted by molar-refractivity contribution is 5.84. The van der Waals surface area contributed by atoms with E-state index in [1.54, 1.807) is 11.2 Å². The molecule has 1 aromatic carbocycles. The molecular weight excluding hydrogens is 254 g/mol. The lowest BCUT2D eigenvalue weighted by atomic mass is 10.2. The highest BCUT2D eigenvalue weighted by atomic mass is 16.3. The molecule has 1 saturated heterocycles. The van der Waals surface area contributed by atoms with E-state index < -0.39 is 0 Å². The summed E-state index contributed by atoms with van der Waals surface area (Å²) in [7, 11) is 0. The van der Waals surface area contributed by atoms with Gasteiger partial charge in [0.15, 0.2) is 0 Å². The van der Waals surface area contributed by atoms with Gasteiger partial charge < -0.3 is 14.6 Å². The largest absolute Gasteiger partial charge is 0.394 e. The van der Waals surface area contributed by atoms with Gasteiger partial charge in [-0.05, 0) is 31.9 Å². The van der Waals surface area contributed by atoms with E-state index in [1.807, 2.05) is 35.8 Å². The van der Waals surface area contributed by atoms with Crippen LogP contribution in [0.5, 0.6) is 0 Å². The molecule has 1 aliphatic rings. The molecule has 0 bridgehead atoms. The van der Waals surface area contributed by atoms with Gasteiger partial charge >= 0.3 is 0 Å². The second-order valence-electron chi connectivity index (χ2n) is 5.33. The van der Waals surface area contributed by atoms with Crippen LogP contribution in [0.15, 0.2) is 30.6 Å². The molecule has 5 nitrogen and oxygen atoms in total. The topological polar surface area (TPSA) is 58.4 Å². The predicted molar refractivity (Wildman–Crippen MR) is 76.3 cm³/mol. The van der Waals surface area contributed by atoms with Crippen molar-refractivity contribution in [2.45, 2.75) is 31.8 Å². The van der Waals surface area contributed by atoms with Crippen LogP contribution < -0.4 is 0 Å². The smallest absolute Gasteiger partial charge is 0.245 e. The van der Waals surface area contributed by atoms with Gasteiger partial charge in [0.25, 0.3) is 0 Å². The number of likely N-dealkylation sites (tertiary alicyclic amines) is 1. The van der Waals surface area contributed by atoms with Gasteiger partial charge in [0, 0.05) is 6.54 Å². The van der Waals surface area contributed by atoms with Crippen molar-refractivity contribution in [3.8, 4) is 0 Å². The van der Waals surface area contributed by atoms with E-state index in [1.165, 1.54) is 0 Å². The summed E-state index contributed by atoms with van der Waals surface area (Å²) in [6, 6.07) is 7.47. The summed E-state index contributed by atoms with van der Waals surface area (Å²) >= 11 is 0. The summed E-state index contributed by atoms with van der Waals surface area (Å²) in [5.41, 5.74) is 1.86. The van der Waals surface area contributed by atoms with Crippen LogP contribution in [0.3, 0.4) is 0 Å². The summed E-state index contributed by atoms with van der Waals surface area (Å²) in [5, 5.41) is 9.36. The summed E-state index contributed by atoms with van der Waals surface area (Å²) in [4.78, 5) is 18.8. The third kappa shape index (κ3) is 2.08. The van der Waals surface area contributed by atoms with E-state index in [2.05, 4.69) is 4.98 Å². The number of fused-ring (bicyclic) bond motifs is 1. The molecule has 3 rings (SSSR count). The van der Waals surface area contributed by atoms with Crippen molar-refractivity contribution in [1.29, 1.82) is 0 Å². The number of hydrogen-bond acceptors (Lipinski definition) is 3. The number of benzene rings is 1. The number of hydrogen-bond donors (Lipinski definition) is 1. The van der Waals surface area contributed by atoms with E-state index in [0.29, 0.717) is 0 Å². The number of aliphatic hydroxyl groups excluding tert-OH is 1. The van der Waals surface area contributed by atoms with Gasteiger partial charge in [0.2, 0.25) is 5.91 Å². The second kappa shape index (κ2) is 5.25. The van der Waals surface area contributed by atoms with Crippen molar-refractivity contribution in [3.63, 3.8) is 0 Å². The second-order valence-corrected chi connectivity index (χ2v) is 5.33. The molecule has 0 saturated carbocycles. The number of aliphatic hydroxyl groups is 1. The van der Waals surface area contributed by atoms with Gasteiger partial charge in [-0.15, -0.1) is 0 Å². The summed E-state index contributed by atoms with van der Waals surface area (Å²) in [5.74, 6) is 0.0599. The average molecular weight is 273 g/mol. The van der Waals surface area contributed by atoms with Crippen LogP contribution in [-0.4, -0.2) is 44.7 Å². The van der Waals surface area contributed by atoms with E-state index in [-0.39, 0.29) is 24.6 Å². The molecule has 5 heteroatoms. The molecule has 0 spiro atoms. The van der Waals surface area contributed by atoms with Gasteiger partial charge in [0.1, 0.15) is 6.04 Å². The summed E-state index contributed by atoms with van der Waals surface area (Å²) < 4.78 is 1.91. The van der Waals surface area contributed by atoms with Crippen molar-refractivity contribution >= 4 is 16.9 Å². The molecule has 1 aromatic heterocycles. The minimum Gasteiger partial charge on any atom is -0.394 e. The molecule has 1 amide bonds. The fourth-order valence-electron chi connectivity index (χ4n) is 2.96. The number of nitrogens with zero attached hydrogens (tertiary/aromatic N) is 3. The molecule has 1 unspecified atom stereocenters. The average Bonchev–Trinajstić information content (AvgIpc) is 3.12. The lowest BCUT2D eigenvalue weighted by molar-refractivity contribution is -0.135.